The number of hydrogen-bond donors (Lipinski definition) is 2. The van der Waals surface area contributed by atoms with Gasteiger partial charge in [0.2, 0.25) is 0 Å². The summed E-state index contributed by atoms with van der Waals surface area (Å²) in [5.41, 5.74) is 0. The fraction of sp³-hybridized carbons (Fsp3) is 0.950. The quantitative estimate of drug-likeness (QED) is 0.108. The summed E-state index contributed by atoms with van der Waals surface area (Å²) in [7, 11) is -8.95. The third kappa shape index (κ3) is 24.4. The Morgan fingerprint density at radius 3 is 1.44 bits per heavy atom. The minimum atomic E-state index is -4.63. The number of esters is 1. The Morgan fingerprint density at radius 2 is 1.09 bits per heavy atom. The first-order valence-corrected chi connectivity index (χ1v) is 14.3. The van der Waals surface area contributed by atoms with E-state index in [1.54, 1.807) is 0 Å². The first-order chi connectivity index (χ1) is 14.1. The van der Waals surface area contributed by atoms with Crippen molar-refractivity contribution in [1.29, 1.82) is 0 Å². The van der Waals surface area contributed by atoms with E-state index >= 15 is 0 Å². The van der Waals surface area contributed by atoms with Gasteiger partial charge in [0.05, 0.1) is 0 Å². The number of carbonyl (C=O) groups excluding carboxylic acids is 1. The zero-order chi connectivity index (χ0) is 22.9. The average Bonchev–Trinajstić information content (AvgIpc) is 2.62. The van der Waals surface area contributed by atoms with Crippen molar-refractivity contribution in [3.05, 3.63) is 0 Å². The predicted molar refractivity (Wildman–Crippen MR) is 132 cm³/mol. The van der Waals surface area contributed by atoms with E-state index in [4.69, 9.17) is 4.55 Å². The molecule has 1 unspecified atom stereocenters. The molecular weight excluding hydrogens is 478 g/mol. The van der Waals surface area contributed by atoms with Crippen molar-refractivity contribution in [3.8, 4) is 0 Å². The summed E-state index contributed by atoms with van der Waals surface area (Å²) < 4.78 is 66.3. The van der Waals surface area contributed by atoms with Crippen molar-refractivity contribution in [3.63, 3.8) is 0 Å². The predicted octanol–water partition coefficient (Wildman–Crippen LogP) is 3.25. The van der Waals surface area contributed by atoms with Crippen molar-refractivity contribution in [2.75, 3.05) is 12.4 Å². The van der Waals surface area contributed by atoms with Gasteiger partial charge in [0.25, 0.3) is 20.2 Å². The van der Waals surface area contributed by atoms with Crippen LogP contribution in [0.15, 0.2) is 0 Å². The van der Waals surface area contributed by atoms with Crippen molar-refractivity contribution >= 4 is 85.3 Å². The fourth-order valence-electron chi connectivity index (χ4n) is 3.25. The normalized spacial score (nSPS) is 12.5. The van der Waals surface area contributed by atoms with E-state index < -0.39 is 43.8 Å². The molecule has 0 aliphatic rings. The van der Waals surface area contributed by atoms with E-state index in [2.05, 4.69) is 11.7 Å². The number of carbonyl (C=O) groups is 1. The second-order valence-electron chi connectivity index (χ2n) is 7.84. The van der Waals surface area contributed by atoms with Gasteiger partial charge in [0, 0.05) is 0 Å². The molecule has 184 valence electrons. The van der Waals surface area contributed by atoms with Crippen LogP contribution >= 0.6 is 0 Å². The molecule has 0 aliphatic heterocycles. The van der Waals surface area contributed by atoms with Gasteiger partial charge in [0.15, 0.2) is 5.25 Å². The second kappa shape index (κ2) is 22.7. The minimum absolute atomic E-state index is 0. The van der Waals surface area contributed by atoms with Gasteiger partial charge in [-0.1, -0.05) is 96.8 Å². The van der Waals surface area contributed by atoms with Crippen LogP contribution in [0.2, 0.25) is 0 Å². The summed E-state index contributed by atoms with van der Waals surface area (Å²) in [5.74, 6) is -2.02. The summed E-state index contributed by atoms with van der Waals surface area (Å²) in [6.07, 6.45) is 15.8. The number of rotatable bonds is 20. The number of ether oxygens (including phenoxy) is 1. The van der Waals surface area contributed by atoms with Gasteiger partial charge < -0.3 is 4.74 Å². The van der Waals surface area contributed by atoms with E-state index in [1.807, 2.05) is 0 Å². The van der Waals surface area contributed by atoms with Gasteiger partial charge in [-0.2, -0.15) is 16.8 Å². The molecule has 0 aromatic heterocycles. The Kier molecular flexibility index (Phi) is 26.9. The van der Waals surface area contributed by atoms with Crippen LogP contribution in [0.1, 0.15) is 103 Å². The first kappa shape index (κ1) is 37.8. The average molecular weight is 521 g/mol. The van der Waals surface area contributed by atoms with Crippen LogP contribution < -0.4 is 0 Å². The molecule has 0 radical (unpaired) electrons. The van der Waals surface area contributed by atoms with Crippen LogP contribution in [0.5, 0.6) is 0 Å². The molecule has 0 amide bonds. The Labute approximate surface area is 239 Å². The van der Waals surface area contributed by atoms with E-state index in [9.17, 15) is 26.2 Å². The zero-order valence-electron chi connectivity index (χ0n) is 18.3. The molecule has 0 aromatic rings. The Morgan fingerprint density at radius 1 is 0.719 bits per heavy atom. The summed E-state index contributed by atoms with van der Waals surface area (Å²) >= 11 is 0. The van der Waals surface area contributed by atoms with E-state index in [0.717, 1.165) is 25.7 Å². The Hall–Kier alpha value is 1.29. The maximum absolute atomic E-state index is 11.8. The van der Waals surface area contributed by atoms with Gasteiger partial charge >= 0.3 is 65.1 Å². The van der Waals surface area contributed by atoms with Crippen molar-refractivity contribution < 1.29 is 35.5 Å². The molecule has 1 atom stereocenters. The SMILES string of the molecule is CCCCCCCCCCCCCCCCC(C(=O)OCCS(=O)(=O)O)S(=O)(=O)O.[NaH].[NaH]. The van der Waals surface area contributed by atoms with Gasteiger partial charge in [0.1, 0.15) is 12.4 Å². The number of unbranched alkanes of at least 4 members (excludes halogenated alkanes) is 13. The van der Waals surface area contributed by atoms with Gasteiger partial charge in [-0.3, -0.25) is 13.9 Å². The van der Waals surface area contributed by atoms with Crippen LogP contribution in [-0.2, 0) is 29.8 Å². The molecule has 0 aliphatic carbocycles. The third-order valence-electron chi connectivity index (χ3n) is 5.03. The topological polar surface area (TPSA) is 135 Å². The molecule has 2 N–H and O–H groups in total. The summed E-state index contributed by atoms with van der Waals surface area (Å²) in [6, 6.07) is 0. The molecule has 0 fully saturated rings. The van der Waals surface area contributed by atoms with Crippen LogP contribution in [0.3, 0.4) is 0 Å². The van der Waals surface area contributed by atoms with Crippen molar-refractivity contribution in [2.45, 2.75) is 108 Å². The summed E-state index contributed by atoms with van der Waals surface area (Å²) in [4.78, 5) is 11.8. The Balaban J connectivity index is -0.00000420. The molecule has 0 saturated heterocycles. The monoisotopic (exact) mass is 520 g/mol. The van der Waals surface area contributed by atoms with Gasteiger partial charge in [-0.15, -0.1) is 0 Å². The van der Waals surface area contributed by atoms with Gasteiger partial charge in [-0.25, -0.2) is 0 Å². The molecule has 0 aromatic carbocycles. The molecule has 0 heterocycles. The molecular formula is C20H42Na2O8S2. The zero-order valence-corrected chi connectivity index (χ0v) is 19.9. The Bertz CT molecular complexity index is 655. The van der Waals surface area contributed by atoms with Crippen LogP contribution in [0.25, 0.3) is 0 Å². The standard InChI is InChI=1S/C20H40O8S2.2Na.2H/c1-2-3-4-5-6-7-8-9-10-11-12-13-14-15-16-19(30(25,26)27)20(21)28-17-18-29(22,23)24;;;;/h19H,2-18H2,1H3,(H,22,23,24)(H,25,26,27);;;;. The summed E-state index contributed by atoms with van der Waals surface area (Å²) in [5, 5.41) is -1.73. The summed E-state index contributed by atoms with van der Waals surface area (Å²) in [6.45, 7) is 1.56. The molecule has 8 nitrogen and oxygen atoms in total. The molecule has 0 spiro atoms. The molecule has 0 bridgehead atoms. The molecule has 32 heavy (non-hydrogen) atoms. The molecule has 12 heteroatoms. The molecule has 0 rings (SSSR count). The second-order valence-corrected chi connectivity index (χ2v) is 11.0. The van der Waals surface area contributed by atoms with E-state index in [0.29, 0.717) is 6.42 Å². The van der Waals surface area contributed by atoms with E-state index in [1.165, 1.54) is 57.8 Å². The van der Waals surface area contributed by atoms with Crippen molar-refractivity contribution in [2.24, 2.45) is 0 Å². The van der Waals surface area contributed by atoms with Gasteiger partial charge in [-0.05, 0) is 6.42 Å². The van der Waals surface area contributed by atoms with E-state index in [-0.39, 0.29) is 65.5 Å². The van der Waals surface area contributed by atoms with Crippen molar-refractivity contribution in [1.82, 2.24) is 0 Å². The maximum atomic E-state index is 11.8. The fourth-order valence-corrected chi connectivity index (χ4v) is 4.32. The first-order valence-electron chi connectivity index (χ1n) is 11.2. The van der Waals surface area contributed by atoms with Crippen LogP contribution in [0, 0.1) is 0 Å². The van der Waals surface area contributed by atoms with Crippen LogP contribution in [-0.4, -0.2) is 109 Å². The number of hydrogen-bond acceptors (Lipinski definition) is 6. The molecule has 0 saturated carbocycles. The van der Waals surface area contributed by atoms with Crippen LogP contribution in [0.4, 0.5) is 0 Å². The third-order valence-corrected chi connectivity index (χ3v) is 6.86.